The summed E-state index contributed by atoms with van der Waals surface area (Å²) < 4.78 is 15.2. The number of nitrogen functional groups attached to an aromatic ring is 1. The van der Waals surface area contributed by atoms with Gasteiger partial charge in [-0.3, -0.25) is 0 Å². The standard InChI is InChI=1S/C10H16N4/c1-8-2-4-14(5-3-8)10-7-12-9(11)6-13-10/h6-8H,2-5H2,1H3,(H2,11,12)/i6D,7D. The van der Waals surface area contributed by atoms with Crippen LogP contribution in [-0.2, 0) is 0 Å². The second kappa shape index (κ2) is 3.82. The Balaban J connectivity index is 2.23. The van der Waals surface area contributed by atoms with E-state index in [4.69, 9.17) is 8.48 Å². The van der Waals surface area contributed by atoms with Crippen molar-refractivity contribution in [2.75, 3.05) is 23.7 Å². The van der Waals surface area contributed by atoms with Gasteiger partial charge in [0.1, 0.15) is 11.6 Å². The number of anilines is 2. The van der Waals surface area contributed by atoms with Gasteiger partial charge in [-0.1, -0.05) is 6.92 Å². The molecule has 1 aromatic rings. The van der Waals surface area contributed by atoms with Crippen LogP contribution in [0, 0.1) is 5.92 Å². The van der Waals surface area contributed by atoms with Crippen LogP contribution < -0.4 is 10.6 Å². The molecular formula is C10H16N4. The first-order valence-electron chi connectivity index (χ1n) is 5.93. The number of hydrogen-bond acceptors (Lipinski definition) is 4. The maximum absolute atomic E-state index is 7.72. The number of nitrogens with two attached hydrogens (primary N) is 1. The monoisotopic (exact) mass is 194 g/mol. The van der Waals surface area contributed by atoms with E-state index in [0.717, 1.165) is 31.8 Å². The maximum atomic E-state index is 7.72. The van der Waals surface area contributed by atoms with Gasteiger partial charge >= 0.3 is 0 Å². The lowest BCUT2D eigenvalue weighted by Crippen LogP contribution is -2.33. The van der Waals surface area contributed by atoms with Gasteiger partial charge in [0.2, 0.25) is 0 Å². The molecule has 0 aliphatic carbocycles. The molecule has 0 radical (unpaired) electrons. The average Bonchev–Trinajstić information content (AvgIpc) is 2.25. The highest BCUT2D eigenvalue weighted by Gasteiger charge is 2.16. The van der Waals surface area contributed by atoms with Crippen LogP contribution in [0.5, 0.6) is 0 Å². The molecule has 0 atom stereocenters. The number of piperidine rings is 1. The molecule has 0 spiro atoms. The molecule has 2 N–H and O–H groups in total. The highest BCUT2D eigenvalue weighted by atomic mass is 15.2. The summed E-state index contributed by atoms with van der Waals surface area (Å²) in [5.41, 5.74) is 5.44. The van der Waals surface area contributed by atoms with Crippen LogP contribution in [0.2, 0.25) is 0 Å². The molecule has 0 bridgehead atoms. The Morgan fingerprint density at radius 1 is 1.43 bits per heavy atom. The van der Waals surface area contributed by atoms with Gasteiger partial charge in [0, 0.05) is 13.1 Å². The first-order chi connectivity index (χ1) is 7.58. The van der Waals surface area contributed by atoms with Gasteiger partial charge in [-0.25, -0.2) is 9.97 Å². The van der Waals surface area contributed by atoms with Crippen LogP contribution >= 0.6 is 0 Å². The third-order valence-corrected chi connectivity index (χ3v) is 2.64. The number of rotatable bonds is 1. The van der Waals surface area contributed by atoms with E-state index in [1.807, 2.05) is 4.90 Å². The minimum absolute atomic E-state index is 0.0270. The van der Waals surface area contributed by atoms with E-state index >= 15 is 0 Å². The SMILES string of the molecule is [2H]c1nc(N2CCC(C)CC2)c([2H])nc1N. The molecule has 14 heavy (non-hydrogen) atoms. The molecule has 1 saturated heterocycles. The molecule has 2 rings (SSSR count). The zero-order valence-corrected chi connectivity index (χ0v) is 8.32. The molecule has 1 aromatic heterocycles. The molecule has 1 aliphatic rings. The van der Waals surface area contributed by atoms with Crippen molar-refractivity contribution in [2.45, 2.75) is 19.8 Å². The maximum Gasteiger partial charge on any atom is 0.147 e. The van der Waals surface area contributed by atoms with Crippen LogP contribution in [-0.4, -0.2) is 23.1 Å². The largest absolute Gasteiger partial charge is 0.382 e. The minimum Gasteiger partial charge on any atom is -0.382 e. The second-order valence-electron chi connectivity index (χ2n) is 3.83. The molecule has 4 nitrogen and oxygen atoms in total. The lowest BCUT2D eigenvalue weighted by Gasteiger charge is -2.30. The average molecular weight is 194 g/mol. The van der Waals surface area contributed by atoms with E-state index in [1.54, 1.807) is 0 Å². The Morgan fingerprint density at radius 2 is 2.14 bits per heavy atom. The number of nitrogens with zero attached hydrogens (tertiary/aromatic N) is 3. The molecule has 0 unspecified atom stereocenters. The summed E-state index contributed by atoms with van der Waals surface area (Å²) in [5.74, 6) is 1.24. The van der Waals surface area contributed by atoms with Crippen LogP contribution in [0.25, 0.3) is 0 Å². The minimum atomic E-state index is -0.0374. The Kier molecular flexibility index (Phi) is 1.92. The van der Waals surface area contributed by atoms with Crippen LogP contribution in [0.4, 0.5) is 11.6 Å². The predicted octanol–water partition coefficient (Wildman–Crippen LogP) is 1.30. The quantitative estimate of drug-likeness (QED) is 0.732. The van der Waals surface area contributed by atoms with Crippen molar-refractivity contribution < 1.29 is 2.74 Å². The van der Waals surface area contributed by atoms with Crippen molar-refractivity contribution in [3.05, 3.63) is 12.3 Å². The van der Waals surface area contributed by atoms with E-state index < -0.39 is 0 Å². The van der Waals surface area contributed by atoms with Gasteiger partial charge in [0.15, 0.2) is 0 Å². The van der Waals surface area contributed by atoms with Gasteiger partial charge in [0.25, 0.3) is 0 Å². The van der Waals surface area contributed by atoms with Crippen LogP contribution in [0.3, 0.4) is 0 Å². The van der Waals surface area contributed by atoms with Crippen LogP contribution in [0.1, 0.15) is 22.5 Å². The first kappa shape index (κ1) is 7.04. The lowest BCUT2D eigenvalue weighted by atomic mass is 9.99. The molecule has 0 saturated carbocycles. The molecule has 2 heterocycles. The molecule has 0 amide bonds. The molecular weight excluding hydrogens is 176 g/mol. The zero-order chi connectivity index (χ0) is 11.7. The summed E-state index contributed by atoms with van der Waals surface area (Å²) in [6.45, 7) is 3.99. The van der Waals surface area contributed by atoms with Crippen molar-refractivity contribution in [3.63, 3.8) is 0 Å². The molecule has 0 aromatic carbocycles. The van der Waals surface area contributed by atoms with E-state index in [0.29, 0.717) is 5.82 Å². The van der Waals surface area contributed by atoms with Gasteiger partial charge in [0.05, 0.1) is 15.1 Å². The Bertz CT molecular complexity index is 389. The molecule has 76 valence electrons. The summed E-state index contributed by atoms with van der Waals surface area (Å²) >= 11 is 0. The molecule has 4 heteroatoms. The number of aromatic nitrogens is 2. The summed E-state index contributed by atoms with van der Waals surface area (Å²) in [7, 11) is 0. The smallest absolute Gasteiger partial charge is 0.147 e. The Morgan fingerprint density at radius 3 is 2.86 bits per heavy atom. The highest BCUT2D eigenvalue weighted by molar-refractivity contribution is 5.39. The van der Waals surface area contributed by atoms with E-state index in [9.17, 15) is 0 Å². The fourth-order valence-electron chi connectivity index (χ4n) is 1.63. The Labute approximate surface area is 87.0 Å². The summed E-state index contributed by atoms with van der Waals surface area (Å²) in [6.07, 6.45) is 2.23. The lowest BCUT2D eigenvalue weighted by molar-refractivity contribution is 0.436. The van der Waals surface area contributed by atoms with Crippen molar-refractivity contribution >= 4 is 11.6 Å². The Hall–Kier alpha value is -1.32. The molecule has 1 aliphatic heterocycles. The van der Waals surface area contributed by atoms with Crippen LogP contribution in [0.15, 0.2) is 12.3 Å². The third-order valence-electron chi connectivity index (χ3n) is 2.64. The first-order valence-corrected chi connectivity index (χ1v) is 4.93. The van der Waals surface area contributed by atoms with Crippen molar-refractivity contribution in [2.24, 2.45) is 5.92 Å². The summed E-state index contributed by atoms with van der Waals surface area (Å²) in [5, 5.41) is 0. The summed E-state index contributed by atoms with van der Waals surface area (Å²) in [4.78, 5) is 9.88. The topological polar surface area (TPSA) is 55.0 Å². The van der Waals surface area contributed by atoms with Crippen molar-refractivity contribution in [3.8, 4) is 0 Å². The fraction of sp³-hybridized carbons (Fsp3) is 0.600. The third kappa shape index (κ3) is 1.95. The summed E-state index contributed by atoms with van der Waals surface area (Å²) in [6, 6.07) is 0. The van der Waals surface area contributed by atoms with Gasteiger partial charge in [-0.05, 0) is 18.8 Å². The van der Waals surface area contributed by atoms with Gasteiger partial charge in [-0.15, -0.1) is 0 Å². The second-order valence-corrected chi connectivity index (χ2v) is 3.83. The van der Waals surface area contributed by atoms with Gasteiger partial charge in [-0.2, -0.15) is 0 Å². The van der Waals surface area contributed by atoms with E-state index in [1.165, 1.54) is 0 Å². The normalized spacial score (nSPS) is 20.5. The van der Waals surface area contributed by atoms with E-state index in [2.05, 4.69) is 16.9 Å². The molecule has 1 fully saturated rings. The fourth-order valence-corrected chi connectivity index (χ4v) is 1.63. The van der Waals surface area contributed by atoms with Crippen molar-refractivity contribution in [1.29, 1.82) is 0 Å². The highest BCUT2D eigenvalue weighted by Crippen LogP contribution is 2.20. The zero-order valence-electron chi connectivity index (χ0n) is 10.3. The van der Waals surface area contributed by atoms with E-state index in [-0.39, 0.29) is 18.2 Å². The predicted molar refractivity (Wildman–Crippen MR) is 57.1 cm³/mol. The number of hydrogen-bond donors (Lipinski definition) is 1. The van der Waals surface area contributed by atoms with Crippen molar-refractivity contribution in [1.82, 2.24) is 9.97 Å². The van der Waals surface area contributed by atoms with Gasteiger partial charge < -0.3 is 10.6 Å².